The molecule has 0 spiro atoms. The molecule has 0 saturated heterocycles. The van der Waals surface area contributed by atoms with E-state index in [0.717, 1.165) is 27.9 Å². The number of fused-ring (bicyclic) bond motifs is 1. The summed E-state index contributed by atoms with van der Waals surface area (Å²) in [5.74, 6) is 0.0147. The third kappa shape index (κ3) is 2.69. The molecule has 108 valence electrons. The van der Waals surface area contributed by atoms with Crippen molar-refractivity contribution in [1.29, 1.82) is 0 Å². The van der Waals surface area contributed by atoms with E-state index in [0.29, 0.717) is 6.54 Å². The van der Waals surface area contributed by atoms with Gasteiger partial charge in [-0.1, -0.05) is 0 Å². The minimum absolute atomic E-state index is 0.0147. The maximum Gasteiger partial charge on any atom is 0.261 e. The molecule has 1 N–H and O–H groups in total. The number of rotatable bonds is 4. The van der Waals surface area contributed by atoms with Gasteiger partial charge in [-0.25, -0.2) is 4.98 Å². The van der Waals surface area contributed by atoms with Gasteiger partial charge in [0.1, 0.15) is 5.65 Å². The van der Waals surface area contributed by atoms with E-state index in [1.165, 1.54) is 16.9 Å². The molecule has 0 radical (unpaired) electrons. The van der Waals surface area contributed by atoms with E-state index < -0.39 is 0 Å². The van der Waals surface area contributed by atoms with Crippen LogP contribution in [-0.4, -0.2) is 22.0 Å². The van der Waals surface area contributed by atoms with Gasteiger partial charge < -0.3 is 9.88 Å². The van der Waals surface area contributed by atoms with Crippen molar-refractivity contribution < 1.29 is 4.79 Å². The second-order valence-corrected chi connectivity index (χ2v) is 5.99. The fourth-order valence-corrected chi connectivity index (χ4v) is 3.33. The third-order valence-corrected chi connectivity index (χ3v) is 4.58. The largest absolute Gasteiger partial charge is 0.351 e. The fourth-order valence-electron chi connectivity index (χ4n) is 2.49. The number of aromatic nitrogens is 2. The predicted octanol–water partition coefficient (Wildman–Crippen LogP) is 2.92. The lowest BCUT2D eigenvalue weighted by atomic mass is 10.1. The van der Waals surface area contributed by atoms with Crippen LogP contribution in [0.2, 0.25) is 0 Å². The van der Waals surface area contributed by atoms with E-state index in [2.05, 4.69) is 22.6 Å². The number of amides is 1. The molecular weight excluding hydrogens is 282 g/mol. The number of hydrogen-bond donors (Lipinski definition) is 1. The van der Waals surface area contributed by atoms with Crippen LogP contribution in [0.3, 0.4) is 0 Å². The molecule has 1 amide bonds. The van der Waals surface area contributed by atoms with Crippen molar-refractivity contribution in [2.45, 2.75) is 13.3 Å². The van der Waals surface area contributed by atoms with E-state index in [-0.39, 0.29) is 5.91 Å². The van der Waals surface area contributed by atoms with Gasteiger partial charge in [-0.2, -0.15) is 0 Å². The molecule has 21 heavy (non-hydrogen) atoms. The first kappa shape index (κ1) is 13.8. The van der Waals surface area contributed by atoms with Crippen LogP contribution >= 0.6 is 11.3 Å². The van der Waals surface area contributed by atoms with Gasteiger partial charge in [0.2, 0.25) is 0 Å². The summed E-state index contributed by atoms with van der Waals surface area (Å²) in [6.45, 7) is 2.59. The number of pyridine rings is 1. The molecule has 3 rings (SSSR count). The van der Waals surface area contributed by atoms with Gasteiger partial charge in [0, 0.05) is 31.4 Å². The van der Waals surface area contributed by atoms with Crippen LogP contribution in [0.5, 0.6) is 0 Å². The van der Waals surface area contributed by atoms with Gasteiger partial charge >= 0.3 is 0 Å². The quantitative estimate of drug-likeness (QED) is 0.805. The first-order chi connectivity index (χ1) is 10.2. The Morgan fingerprint density at radius 1 is 1.43 bits per heavy atom. The van der Waals surface area contributed by atoms with Crippen molar-refractivity contribution in [3.8, 4) is 0 Å². The Bertz CT molecular complexity index is 788. The lowest BCUT2D eigenvalue weighted by Crippen LogP contribution is -2.25. The number of carbonyl (C=O) groups excluding carboxylic acids is 1. The van der Waals surface area contributed by atoms with Gasteiger partial charge in [0.25, 0.3) is 5.91 Å². The van der Waals surface area contributed by atoms with Crippen molar-refractivity contribution in [2.24, 2.45) is 7.05 Å². The molecule has 4 nitrogen and oxygen atoms in total. The van der Waals surface area contributed by atoms with E-state index in [1.54, 1.807) is 6.20 Å². The lowest BCUT2D eigenvalue weighted by Gasteiger charge is -2.04. The predicted molar refractivity (Wildman–Crippen MR) is 85.8 cm³/mol. The van der Waals surface area contributed by atoms with Gasteiger partial charge in [0.15, 0.2) is 0 Å². The molecule has 0 saturated carbocycles. The summed E-state index contributed by atoms with van der Waals surface area (Å²) in [6.07, 6.45) is 4.69. The Kier molecular flexibility index (Phi) is 3.75. The first-order valence-corrected chi connectivity index (χ1v) is 7.76. The highest BCUT2D eigenvalue weighted by Gasteiger charge is 2.11. The second kappa shape index (κ2) is 5.69. The second-order valence-electron chi connectivity index (χ2n) is 5.08. The Labute approximate surface area is 127 Å². The summed E-state index contributed by atoms with van der Waals surface area (Å²) in [5.41, 5.74) is 3.23. The molecular formula is C16H17N3OS. The maximum atomic E-state index is 12.1. The average Bonchev–Trinajstić information content (AvgIpc) is 3.04. The molecule has 3 heterocycles. The number of aryl methyl sites for hydroxylation is 2. The first-order valence-electron chi connectivity index (χ1n) is 6.88. The van der Waals surface area contributed by atoms with E-state index in [1.807, 2.05) is 36.1 Å². The van der Waals surface area contributed by atoms with Crippen LogP contribution in [-0.2, 0) is 13.5 Å². The van der Waals surface area contributed by atoms with Gasteiger partial charge in [-0.3, -0.25) is 4.79 Å². The van der Waals surface area contributed by atoms with Gasteiger partial charge in [0.05, 0.1) is 4.88 Å². The van der Waals surface area contributed by atoms with Gasteiger partial charge in [-0.05, 0) is 48.1 Å². The summed E-state index contributed by atoms with van der Waals surface area (Å²) in [7, 11) is 1.99. The SMILES string of the molecule is Cc1ccsc1C(=O)NCCc1cn(C)c2ncccc12. The average molecular weight is 299 g/mol. The fraction of sp³-hybridized carbons (Fsp3) is 0.250. The van der Waals surface area contributed by atoms with E-state index in [4.69, 9.17) is 0 Å². The van der Waals surface area contributed by atoms with Crippen LogP contribution in [0.25, 0.3) is 11.0 Å². The number of nitrogens with zero attached hydrogens (tertiary/aromatic N) is 2. The molecule has 0 unspecified atom stereocenters. The van der Waals surface area contributed by atoms with Crippen LogP contribution < -0.4 is 5.32 Å². The number of carbonyl (C=O) groups is 1. The number of hydrogen-bond acceptors (Lipinski definition) is 3. The van der Waals surface area contributed by atoms with Crippen LogP contribution in [0.15, 0.2) is 36.0 Å². The van der Waals surface area contributed by atoms with Crippen molar-refractivity contribution in [1.82, 2.24) is 14.9 Å². The van der Waals surface area contributed by atoms with Crippen molar-refractivity contribution in [3.63, 3.8) is 0 Å². The molecule has 5 heteroatoms. The maximum absolute atomic E-state index is 12.1. The highest BCUT2D eigenvalue weighted by atomic mass is 32.1. The summed E-state index contributed by atoms with van der Waals surface area (Å²) in [5, 5.41) is 6.09. The monoisotopic (exact) mass is 299 g/mol. The minimum atomic E-state index is 0.0147. The Morgan fingerprint density at radius 3 is 3.05 bits per heavy atom. The summed E-state index contributed by atoms with van der Waals surface area (Å²) >= 11 is 1.48. The summed E-state index contributed by atoms with van der Waals surface area (Å²) in [4.78, 5) is 17.2. The van der Waals surface area contributed by atoms with Crippen molar-refractivity contribution in [3.05, 3.63) is 52.0 Å². The zero-order valence-corrected chi connectivity index (χ0v) is 12.9. The zero-order valence-electron chi connectivity index (χ0n) is 12.1. The molecule has 0 aliphatic rings. The third-order valence-electron chi connectivity index (χ3n) is 3.56. The molecule has 0 fully saturated rings. The van der Waals surface area contributed by atoms with Crippen LogP contribution in [0, 0.1) is 6.92 Å². The van der Waals surface area contributed by atoms with Crippen LogP contribution in [0.4, 0.5) is 0 Å². The van der Waals surface area contributed by atoms with Crippen LogP contribution in [0.1, 0.15) is 20.8 Å². The normalized spacial score (nSPS) is 11.0. The van der Waals surface area contributed by atoms with E-state index in [9.17, 15) is 4.79 Å². The summed E-state index contributed by atoms with van der Waals surface area (Å²) in [6, 6.07) is 5.98. The smallest absolute Gasteiger partial charge is 0.261 e. The lowest BCUT2D eigenvalue weighted by molar-refractivity contribution is 0.0957. The highest BCUT2D eigenvalue weighted by molar-refractivity contribution is 7.12. The molecule has 0 atom stereocenters. The van der Waals surface area contributed by atoms with Crippen molar-refractivity contribution >= 4 is 28.3 Å². The van der Waals surface area contributed by atoms with E-state index >= 15 is 0 Å². The standard InChI is InChI=1S/C16H17N3OS/c1-11-6-9-21-14(11)16(20)18-8-5-12-10-19(2)15-13(12)4-3-7-17-15/h3-4,6-7,9-10H,5,8H2,1-2H3,(H,18,20). The molecule has 0 aliphatic heterocycles. The molecule has 3 aromatic rings. The Morgan fingerprint density at radius 2 is 2.29 bits per heavy atom. The topological polar surface area (TPSA) is 46.9 Å². The van der Waals surface area contributed by atoms with Crippen molar-refractivity contribution in [2.75, 3.05) is 6.54 Å². The summed E-state index contributed by atoms with van der Waals surface area (Å²) < 4.78 is 2.02. The minimum Gasteiger partial charge on any atom is -0.351 e. The Balaban J connectivity index is 1.67. The molecule has 0 aromatic carbocycles. The molecule has 0 bridgehead atoms. The zero-order chi connectivity index (χ0) is 14.8. The molecule has 3 aromatic heterocycles. The number of thiophene rings is 1. The highest BCUT2D eigenvalue weighted by Crippen LogP contribution is 2.19. The van der Waals surface area contributed by atoms with Gasteiger partial charge in [-0.15, -0.1) is 11.3 Å². The number of nitrogens with one attached hydrogen (secondary N) is 1. The molecule has 0 aliphatic carbocycles. The Hall–Kier alpha value is -2.14.